The summed E-state index contributed by atoms with van der Waals surface area (Å²) in [5, 5.41) is 4.16. The van der Waals surface area contributed by atoms with E-state index < -0.39 is 9.84 Å². The van der Waals surface area contributed by atoms with E-state index in [1.807, 2.05) is 6.92 Å². The number of rotatable bonds is 5. The average molecular weight is 322 g/mol. The third kappa shape index (κ3) is 3.33. The van der Waals surface area contributed by atoms with Crippen molar-refractivity contribution in [2.45, 2.75) is 18.2 Å². The third-order valence-corrected chi connectivity index (χ3v) is 4.12. The Kier molecular flexibility index (Phi) is 4.60. The first kappa shape index (κ1) is 16.2. The predicted molar refractivity (Wildman–Crippen MR) is 82.5 cm³/mol. The molecule has 2 aromatic heterocycles. The minimum Gasteiger partial charge on any atom is -0.290 e. The number of sulfone groups is 1. The summed E-state index contributed by atoms with van der Waals surface area (Å²) in [5.41, 5.74) is 0.390. The van der Waals surface area contributed by atoms with Crippen molar-refractivity contribution in [1.82, 2.24) is 14.8 Å². The van der Waals surface area contributed by atoms with Crippen LogP contribution in [0, 0.1) is 0 Å². The molecule has 0 aliphatic carbocycles. The average Bonchev–Trinajstić information content (AvgIpc) is 2.87. The SMILES string of the molecule is CCCN(C(=O)c1cccnc1)c1nn(C)cc1S(C)(=O)=O. The summed E-state index contributed by atoms with van der Waals surface area (Å²) in [7, 11) is -1.86. The molecule has 0 atom stereocenters. The van der Waals surface area contributed by atoms with Gasteiger partial charge in [0.2, 0.25) is 0 Å². The molecular formula is C14H18N4O3S. The first-order valence-electron chi connectivity index (χ1n) is 6.80. The van der Waals surface area contributed by atoms with Gasteiger partial charge in [0.1, 0.15) is 4.90 Å². The highest BCUT2D eigenvalue weighted by Gasteiger charge is 2.27. The lowest BCUT2D eigenvalue weighted by Crippen LogP contribution is -2.33. The van der Waals surface area contributed by atoms with E-state index in [0.29, 0.717) is 18.5 Å². The number of hydrogen-bond acceptors (Lipinski definition) is 5. The molecule has 0 N–H and O–H groups in total. The summed E-state index contributed by atoms with van der Waals surface area (Å²) in [6, 6.07) is 3.30. The van der Waals surface area contributed by atoms with Crippen LogP contribution in [0.2, 0.25) is 0 Å². The van der Waals surface area contributed by atoms with Crippen LogP contribution in [-0.4, -0.2) is 41.9 Å². The summed E-state index contributed by atoms with van der Waals surface area (Å²) in [6.45, 7) is 2.28. The number of hydrogen-bond donors (Lipinski definition) is 0. The van der Waals surface area contributed by atoms with E-state index in [1.54, 1.807) is 25.4 Å². The molecule has 118 valence electrons. The molecule has 0 aromatic carbocycles. The molecule has 0 fully saturated rings. The molecule has 2 rings (SSSR count). The smallest absolute Gasteiger partial charge is 0.261 e. The number of anilines is 1. The molecule has 0 unspecified atom stereocenters. The summed E-state index contributed by atoms with van der Waals surface area (Å²) in [5.74, 6) is -0.167. The highest BCUT2D eigenvalue weighted by atomic mass is 32.2. The number of pyridine rings is 1. The molecular weight excluding hydrogens is 304 g/mol. The van der Waals surface area contributed by atoms with E-state index in [4.69, 9.17) is 0 Å². The van der Waals surface area contributed by atoms with Crippen LogP contribution in [0.15, 0.2) is 35.6 Å². The highest BCUT2D eigenvalue weighted by molar-refractivity contribution is 7.90. The van der Waals surface area contributed by atoms with E-state index in [0.717, 1.165) is 6.26 Å². The zero-order chi connectivity index (χ0) is 16.3. The van der Waals surface area contributed by atoms with Crippen LogP contribution in [-0.2, 0) is 16.9 Å². The Bertz CT molecular complexity index is 769. The fourth-order valence-corrected chi connectivity index (χ4v) is 2.90. The topological polar surface area (TPSA) is 85.2 Å². The van der Waals surface area contributed by atoms with Crippen molar-refractivity contribution >= 4 is 21.6 Å². The molecule has 22 heavy (non-hydrogen) atoms. The molecule has 1 amide bonds. The van der Waals surface area contributed by atoms with Gasteiger partial charge in [0.05, 0.1) is 5.56 Å². The van der Waals surface area contributed by atoms with Crippen LogP contribution in [0.3, 0.4) is 0 Å². The van der Waals surface area contributed by atoms with Crippen LogP contribution >= 0.6 is 0 Å². The molecule has 0 saturated carbocycles. The first-order chi connectivity index (χ1) is 10.3. The molecule has 8 heteroatoms. The largest absolute Gasteiger partial charge is 0.290 e. The van der Waals surface area contributed by atoms with Gasteiger partial charge in [-0.25, -0.2) is 8.42 Å². The van der Waals surface area contributed by atoms with Crippen LogP contribution in [0.5, 0.6) is 0 Å². The van der Waals surface area contributed by atoms with Gasteiger partial charge in [-0.15, -0.1) is 0 Å². The maximum absolute atomic E-state index is 12.7. The van der Waals surface area contributed by atoms with Crippen LogP contribution in [0.1, 0.15) is 23.7 Å². The van der Waals surface area contributed by atoms with Crippen molar-refractivity contribution in [2.24, 2.45) is 7.05 Å². The molecule has 0 bridgehead atoms. The fraction of sp³-hybridized carbons (Fsp3) is 0.357. The lowest BCUT2D eigenvalue weighted by molar-refractivity contribution is 0.0985. The van der Waals surface area contributed by atoms with Crippen molar-refractivity contribution in [3.8, 4) is 0 Å². The van der Waals surface area contributed by atoms with Gasteiger partial charge in [0.25, 0.3) is 5.91 Å². The fourth-order valence-electron chi connectivity index (χ4n) is 2.08. The van der Waals surface area contributed by atoms with Gasteiger partial charge >= 0.3 is 0 Å². The van der Waals surface area contributed by atoms with Gasteiger partial charge in [-0.2, -0.15) is 5.10 Å². The number of nitrogens with zero attached hydrogens (tertiary/aromatic N) is 4. The zero-order valence-corrected chi connectivity index (χ0v) is 13.5. The Morgan fingerprint density at radius 2 is 2.14 bits per heavy atom. The summed E-state index contributed by atoms with van der Waals surface area (Å²) in [4.78, 5) is 18.0. The Hall–Kier alpha value is -2.22. The second-order valence-electron chi connectivity index (χ2n) is 4.96. The van der Waals surface area contributed by atoms with E-state index in [1.165, 1.54) is 22.0 Å². The molecule has 0 aliphatic heterocycles. The second-order valence-corrected chi connectivity index (χ2v) is 6.95. The van der Waals surface area contributed by atoms with Gasteiger partial charge in [0.15, 0.2) is 15.7 Å². The summed E-state index contributed by atoms with van der Waals surface area (Å²) < 4.78 is 25.3. The van der Waals surface area contributed by atoms with Gasteiger partial charge < -0.3 is 0 Å². The number of carbonyl (C=O) groups is 1. The van der Waals surface area contributed by atoms with Gasteiger partial charge in [-0.1, -0.05) is 6.92 Å². The zero-order valence-electron chi connectivity index (χ0n) is 12.7. The quantitative estimate of drug-likeness (QED) is 0.827. The van der Waals surface area contributed by atoms with Crippen LogP contribution in [0.4, 0.5) is 5.82 Å². The van der Waals surface area contributed by atoms with Crippen molar-refractivity contribution in [2.75, 3.05) is 17.7 Å². The standard InChI is InChI=1S/C14H18N4O3S/c1-4-8-18(14(19)11-6-5-7-15-9-11)13-12(22(3,20)21)10-17(2)16-13/h5-7,9-10H,4,8H2,1-3H3. The maximum Gasteiger partial charge on any atom is 0.261 e. The summed E-state index contributed by atoms with van der Waals surface area (Å²) >= 11 is 0. The third-order valence-electron chi connectivity index (χ3n) is 3.03. The Balaban J connectivity index is 2.52. The predicted octanol–water partition coefficient (Wildman–Crippen LogP) is 1.28. The molecule has 0 aliphatic rings. The van der Waals surface area contributed by atoms with E-state index in [9.17, 15) is 13.2 Å². The first-order valence-corrected chi connectivity index (χ1v) is 8.69. The monoisotopic (exact) mass is 322 g/mol. The number of aromatic nitrogens is 3. The molecule has 0 saturated heterocycles. The normalized spacial score (nSPS) is 11.4. The second kappa shape index (κ2) is 6.27. The molecule has 0 radical (unpaired) electrons. The maximum atomic E-state index is 12.7. The van der Waals surface area contributed by atoms with Crippen LogP contribution < -0.4 is 4.90 Å². The molecule has 2 aromatic rings. The van der Waals surface area contributed by atoms with Crippen molar-refractivity contribution in [3.63, 3.8) is 0 Å². The van der Waals surface area contributed by atoms with Gasteiger partial charge in [0, 0.05) is 38.4 Å². The Morgan fingerprint density at radius 3 is 2.68 bits per heavy atom. The molecule has 0 spiro atoms. The highest BCUT2D eigenvalue weighted by Crippen LogP contribution is 2.25. The molecule has 2 heterocycles. The minimum absolute atomic E-state index is 0.0423. The number of amides is 1. The van der Waals surface area contributed by atoms with Crippen molar-refractivity contribution in [3.05, 3.63) is 36.3 Å². The van der Waals surface area contributed by atoms with Crippen molar-refractivity contribution in [1.29, 1.82) is 0 Å². The van der Waals surface area contributed by atoms with E-state index >= 15 is 0 Å². The Morgan fingerprint density at radius 1 is 1.41 bits per heavy atom. The van der Waals surface area contributed by atoms with Crippen LogP contribution in [0.25, 0.3) is 0 Å². The lowest BCUT2D eigenvalue weighted by Gasteiger charge is -2.20. The van der Waals surface area contributed by atoms with Gasteiger partial charge in [-0.3, -0.25) is 19.4 Å². The minimum atomic E-state index is -3.48. The number of carbonyl (C=O) groups excluding carboxylic acids is 1. The molecule has 7 nitrogen and oxygen atoms in total. The Labute approximate surface area is 129 Å². The van der Waals surface area contributed by atoms with E-state index in [2.05, 4.69) is 10.1 Å². The lowest BCUT2D eigenvalue weighted by atomic mass is 10.2. The number of aryl methyl sites for hydroxylation is 1. The van der Waals surface area contributed by atoms with E-state index in [-0.39, 0.29) is 16.6 Å². The van der Waals surface area contributed by atoms with Crippen molar-refractivity contribution < 1.29 is 13.2 Å². The van der Waals surface area contributed by atoms with Gasteiger partial charge in [-0.05, 0) is 18.6 Å². The summed E-state index contributed by atoms with van der Waals surface area (Å²) in [6.07, 6.45) is 6.21.